The summed E-state index contributed by atoms with van der Waals surface area (Å²) >= 11 is 0. The number of hydrogen-bond donors (Lipinski definition) is 1. The third kappa shape index (κ3) is 15.5. The topological polar surface area (TPSA) is 133 Å². The van der Waals surface area contributed by atoms with Gasteiger partial charge in [-0.15, -0.1) is 5.10 Å². The van der Waals surface area contributed by atoms with Crippen molar-refractivity contribution in [2.24, 2.45) is 0 Å². The molecule has 0 saturated carbocycles. The predicted octanol–water partition coefficient (Wildman–Crippen LogP) is 9.66. The molecule has 12 heteroatoms. The zero-order valence-corrected chi connectivity index (χ0v) is 35.6. The summed E-state index contributed by atoms with van der Waals surface area (Å²) in [5.74, 6) is 0.0653. The van der Waals surface area contributed by atoms with Gasteiger partial charge in [0.25, 0.3) is 5.91 Å². The van der Waals surface area contributed by atoms with Gasteiger partial charge >= 0.3 is 12.2 Å². The SMILES string of the molecule is CCCCCc1ccc(C(=O)NCCn2cc(CCCCCc3cn(C(=O)OC(C)(C)C)c(N(Cc4ccc(CCCC)cc4)C(=O)OC(C)(C)C)n3)nn2)cc1. The first kappa shape index (κ1) is 44.7. The van der Waals surface area contributed by atoms with E-state index in [-0.39, 0.29) is 18.4 Å². The van der Waals surface area contributed by atoms with Gasteiger partial charge < -0.3 is 14.8 Å². The number of carbonyl (C=O) groups excluding carboxylic acids is 3. The Balaban J connectivity index is 1.34. The Hall–Kier alpha value is -5.00. The quantitative estimate of drug-likeness (QED) is 0.0877. The van der Waals surface area contributed by atoms with Gasteiger partial charge in [-0.3, -0.25) is 9.48 Å². The monoisotopic (exact) mass is 784 g/mol. The van der Waals surface area contributed by atoms with Crippen molar-refractivity contribution in [3.8, 4) is 0 Å². The summed E-state index contributed by atoms with van der Waals surface area (Å²) in [5, 5.41) is 11.6. The Labute approximate surface area is 339 Å². The lowest BCUT2D eigenvalue weighted by Gasteiger charge is -2.27. The van der Waals surface area contributed by atoms with Crippen LogP contribution in [-0.4, -0.2) is 60.4 Å². The van der Waals surface area contributed by atoms with Crippen LogP contribution in [0.1, 0.15) is 145 Å². The summed E-state index contributed by atoms with van der Waals surface area (Å²) in [6.07, 6.45) is 14.2. The molecule has 57 heavy (non-hydrogen) atoms. The largest absolute Gasteiger partial charge is 0.443 e. The van der Waals surface area contributed by atoms with Gasteiger partial charge in [0.2, 0.25) is 5.95 Å². The van der Waals surface area contributed by atoms with Crippen LogP contribution in [0.2, 0.25) is 0 Å². The lowest BCUT2D eigenvalue weighted by molar-refractivity contribution is 0.0530. The van der Waals surface area contributed by atoms with Crippen molar-refractivity contribution in [3.63, 3.8) is 0 Å². The van der Waals surface area contributed by atoms with Gasteiger partial charge in [-0.1, -0.05) is 81.1 Å². The number of imidazole rings is 1. The maximum absolute atomic E-state index is 13.7. The highest BCUT2D eigenvalue weighted by Crippen LogP contribution is 2.24. The van der Waals surface area contributed by atoms with Crippen LogP contribution in [0.25, 0.3) is 0 Å². The van der Waals surface area contributed by atoms with Crippen molar-refractivity contribution < 1.29 is 23.9 Å². The summed E-state index contributed by atoms with van der Waals surface area (Å²) in [4.78, 5) is 46.2. The minimum Gasteiger partial charge on any atom is -0.443 e. The summed E-state index contributed by atoms with van der Waals surface area (Å²) in [6.45, 7) is 16.4. The number of nitrogens with one attached hydrogen (secondary N) is 1. The summed E-state index contributed by atoms with van der Waals surface area (Å²) < 4.78 is 14.7. The molecule has 0 saturated heterocycles. The van der Waals surface area contributed by atoms with Gasteiger partial charge in [0, 0.05) is 24.5 Å². The van der Waals surface area contributed by atoms with Crippen LogP contribution in [0.4, 0.5) is 15.5 Å². The Morgan fingerprint density at radius 1 is 0.684 bits per heavy atom. The lowest BCUT2D eigenvalue weighted by atomic mass is 10.1. The first-order chi connectivity index (χ1) is 27.1. The zero-order valence-electron chi connectivity index (χ0n) is 35.6. The van der Waals surface area contributed by atoms with E-state index in [1.54, 1.807) is 31.6 Å². The standard InChI is InChI=1S/C45H65N7O5/c1-9-11-14-18-35-25-27-37(28-26-35)40(53)46-29-30-50-32-39(48-49-50)20-16-13-15-19-38-33-52(43(55)57-45(6,7)8)41(47-38)51(42(54)56-44(3,4)5)31-36-23-21-34(22-24-36)17-12-10-2/h21-28,32-33H,9-20,29-31H2,1-8H3,(H,46,53). The van der Waals surface area contributed by atoms with Crippen LogP contribution in [0.15, 0.2) is 60.9 Å². The third-order valence-electron chi connectivity index (χ3n) is 9.23. The molecule has 0 spiro atoms. The average molecular weight is 784 g/mol. The fourth-order valence-corrected chi connectivity index (χ4v) is 6.22. The number of aromatic nitrogens is 5. The van der Waals surface area contributed by atoms with E-state index in [9.17, 15) is 14.4 Å². The Morgan fingerprint density at radius 2 is 1.26 bits per heavy atom. The van der Waals surface area contributed by atoms with Gasteiger partial charge in [0.15, 0.2) is 0 Å². The third-order valence-corrected chi connectivity index (χ3v) is 9.23. The highest BCUT2D eigenvalue weighted by atomic mass is 16.6. The van der Waals surface area contributed by atoms with E-state index in [1.807, 2.05) is 63.4 Å². The molecule has 0 atom stereocenters. The summed E-state index contributed by atoms with van der Waals surface area (Å²) in [5.41, 5.74) is 4.11. The number of rotatable bonds is 20. The molecule has 2 amide bonds. The molecule has 2 aromatic heterocycles. The number of aryl methyl sites for hydroxylation is 4. The van der Waals surface area contributed by atoms with Gasteiger partial charge in [0.1, 0.15) is 11.2 Å². The Morgan fingerprint density at radius 3 is 1.89 bits per heavy atom. The number of unbranched alkanes of at least 4 members (excludes halogenated alkanes) is 5. The second kappa shape index (κ2) is 21.5. The van der Waals surface area contributed by atoms with Crippen LogP contribution in [0.5, 0.6) is 0 Å². The van der Waals surface area contributed by atoms with Crippen LogP contribution < -0.4 is 10.2 Å². The number of carbonyl (C=O) groups is 3. The van der Waals surface area contributed by atoms with Crippen molar-refractivity contribution in [3.05, 3.63) is 94.6 Å². The number of ether oxygens (including phenoxy) is 2. The van der Waals surface area contributed by atoms with E-state index in [0.717, 1.165) is 62.6 Å². The van der Waals surface area contributed by atoms with Crippen molar-refractivity contribution in [1.82, 2.24) is 29.9 Å². The van der Waals surface area contributed by atoms with Crippen molar-refractivity contribution in [1.29, 1.82) is 0 Å². The summed E-state index contributed by atoms with van der Waals surface area (Å²) in [7, 11) is 0. The minimum absolute atomic E-state index is 0.0940. The van der Waals surface area contributed by atoms with Crippen LogP contribution >= 0.6 is 0 Å². The normalized spacial score (nSPS) is 11.7. The van der Waals surface area contributed by atoms with E-state index in [2.05, 4.69) is 41.6 Å². The summed E-state index contributed by atoms with van der Waals surface area (Å²) in [6, 6.07) is 16.1. The molecular formula is C45H65N7O5. The van der Waals surface area contributed by atoms with Crippen molar-refractivity contribution in [2.45, 2.75) is 157 Å². The molecule has 0 radical (unpaired) electrons. The fraction of sp³-hybridized carbons (Fsp3) is 0.556. The highest BCUT2D eigenvalue weighted by Gasteiger charge is 2.31. The molecule has 2 heterocycles. The van der Waals surface area contributed by atoms with E-state index in [4.69, 9.17) is 14.5 Å². The lowest BCUT2D eigenvalue weighted by Crippen LogP contribution is -2.39. The fourth-order valence-electron chi connectivity index (χ4n) is 6.22. The van der Waals surface area contributed by atoms with Gasteiger partial charge in [0.05, 0.1) is 24.5 Å². The van der Waals surface area contributed by atoms with Gasteiger partial charge in [-0.05, 0) is 122 Å². The molecule has 0 fully saturated rings. The molecule has 310 valence electrons. The second-order valence-electron chi connectivity index (χ2n) is 16.8. The van der Waals surface area contributed by atoms with Crippen LogP contribution in [-0.2, 0) is 48.2 Å². The van der Waals surface area contributed by atoms with E-state index in [0.29, 0.717) is 30.8 Å². The van der Waals surface area contributed by atoms with Crippen molar-refractivity contribution >= 4 is 24.0 Å². The number of amides is 2. The molecule has 4 aromatic rings. The Bertz CT molecular complexity index is 1850. The number of nitrogens with zero attached hydrogens (tertiary/aromatic N) is 6. The van der Waals surface area contributed by atoms with E-state index >= 15 is 0 Å². The average Bonchev–Trinajstić information content (AvgIpc) is 3.79. The predicted molar refractivity (Wildman–Crippen MR) is 225 cm³/mol. The number of anilines is 1. The first-order valence-electron chi connectivity index (χ1n) is 20.8. The maximum Gasteiger partial charge on any atom is 0.421 e. The molecule has 2 aromatic carbocycles. The van der Waals surface area contributed by atoms with Gasteiger partial charge in [-0.2, -0.15) is 0 Å². The molecular weight excluding hydrogens is 719 g/mol. The van der Waals surface area contributed by atoms with Crippen LogP contribution in [0, 0.1) is 0 Å². The maximum atomic E-state index is 13.7. The molecule has 0 unspecified atom stereocenters. The van der Waals surface area contributed by atoms with Crippen molar-refractivity contribution in [2.75, 3.05) is 11.4 Å². The Kier molecular flexibility index (Phi) is 16.9. The van der Waals surface area contributed by atoms with E-state index in [1.165, 1.54) is 39.9 Å². The minimum atomic E-state index is -0.757. The van der Waals surface area contributed by atoms with Gasteiger partial charge in [-0.25, -0.2) is 24.0 Å². The smallest absolute Gasteiger partial charge is 0.421 e. The zero-order chi connectivity index (χ0) is 41.4. The number of benzene rings is 2. The second-order valence-corrected chi connectivity index (χ2v) is 16.8. The molecule has 12 nitrogen and oxygen atoms in total. The van der Waals surface area contributed by atoms with Crippen LogP contribution in [0.3, 0.4) is 0 Å². The molecule has 0 aliphatic heterocycles. The number of hydrogen-bond acceptors (Lipinski definition) is 8. The molecule has 1 N–H and O–H groups in total. The van der Waals surface area contributed by atoms with E-state index < -0.39 is 23.4 Å². The first-order valence-corrected chi connectivity index (χ1v) is 20.8. The molecule has 0 bridgehead atoms. The highest BCUT2D eigenvalue weighted by molar-refractivity contribution is 5.94. The molecule has 0 aliphatic carbocycles. The molecule has 4 rings (SSSR count). The molecule has 0 aliphatic rings.